The van der Waals surface area contributed by atoms with Gasteiger partial charge in [-0.05, 0) is 72.0 Å². The van der Waals surface area contributed by atoms with E-state index in [0.29, 0.717) is 29.4 Å². The standard InChI is InChI=1S/C29H28FNO5/c1-17(2)16-36-23-11-4-19(5-12-23)15-31-26(20-6-9-22(32)10-7-20)25(28(34)29(31)35)27(33)21-8-13-24(30)18(3)14-21/h4-14,17,26,32-33H,15-16H2,1-3H3/b27-25-. The van der Waals surface area contributed by atoms with Crippen molar-refractivity contribution >= 4 is 17.4 Å². The molecule has 1 unspecified atom stereocenters. The number of nitrogens with zero attached hydrogens (tertiary/aromatic N) is 1. The van der Waals surface area contributed by atoms with Crippen LogP contribution in [-0.2, 0) is 16.1 Å². The third kappa shape index (κ3) is 5.10. The van der Waals surface area contributed by atoms with Gasteiger partial charge in [-0.1, -0.05) is 38.1 Å². The molecule has 1 atom stereocenters. The summed E-state index contributed by atoms with van der Waals surface area (Å²) in [5.41, 5.74) is 1.77. The Kier molecular flexibility index (Phi) is 7.10. The molecule has 0 aromatic heterocycles. The first kappa shape index (κ1) is 25.0. The molecule has 0 spiro atoms. The number of halogens is 1. The smallest absolute Gasteiger partial charge is 0.295 e. The number of phenols is 1. The van der Waals surface area contributed by atoms with Crippen molar-refractivity contribution in [1.82, 2.24) is 4.90 Å². The van der Waals surface area contributed by atoms with Crippen LogP contribution in [0.2, 0.25) is 0 Å². The summed E-state index contributed by atoms with van der Waals surface area (Å²) in [5, 5.41) is 20.9. The van der Waals surface area contributed by atoms with Crippen LogP contribution in [0, 0.1) is 18.7 Å². The van der Waals surface area contributed by atoms with E-state index in [1.807, 2.05) is 24.3 Å². The number of benzene rings is 3. The maximum absolute atomic E-state index is 13.8. The molecule has 3 aromatic rings. The van der Waals surface area contributed by atoms with Gasteiger partial charge < -0.3 is 19.8 Å². The number of hydrogen-bond acceptors (Lipinski definition) is 5. The lowest BCUT2D eigenvalue weighted by Crippen LogP contribution is -2.29. The Morgan fingerprint density at radius 2 is 1.69 bits per heavy atom. The van der Waals surface area contributed by atoms with E-state index in [-0.39, 0.29) is 29.2 Å². The zero-order chi connectivity index (χ0) is 26.0. The Morgan fingerprint density at radius 1 is 1.03 bits per heavy atom. The molecule has 0 saturated carbocycles. The van der Waals surface area contributed by atoms with Crippen LogP contribution in [0.1, 0.15) is 42.1 Å². The predicted octanol–water partition coefficient (Wildman–Crippen LogP) is 5.50. The minimum absolute atomic E-state index is 0.0295. The summed E-state index contributed by atoms with van der Waals surface area (Å²) in [4.78, 5) is 27.7. The van der Waals surface area contributed by atoms with E-state index in [1.54, 1.807) is 19.1 Å². The van der Waals surface area contributed by atoms with Crippen LogP contribution in [0.15, 0.2) is 72.3 Å². The van der Waals surface area contributed by atoms with Gasteiger partial charge in [-0.25, -0.2) is 4.39 Å². The highest BCUT2D eigenvalue weighted by atomic mass is 19.1. The van der Waals surface area contributed by atoms with Crippen molar-refractivity contribution in [2.75, 3.05) is 6.61 Å². The number of carbonyl (C=O) groups excluding carboxylic acids is 2. The van der Waals surface area contributed by atoms with Crippen LogP contribution < -0.4 is 4.74 Å². The van der Waals surface area contributed by atoms with Gasteiger partial charge in [-0.15, -0.1) is 0 Å². The van der Waals surface area contributed by atoms with E-state index in [4.69, 9.17) is 4.74 Å². The molecule has 1 heterocycles. The number of hydrogen-bond donors (Lipinski definition) is 2. The highest BCUT2D eigenvalue weighted by molar-refractivity contribution is 6.46. The number of aromatic hydroxyl groups is 1. The second-order valence-electron chi connectivity index (χ2n) is 9.33. The number of Topliss-reactive ketones (excluding diaryl/α,β-unsaturated/α-hetero) is 1. The van der Waals surface area contributed by atoms with E-state index in [2.05, 4.69) is 13.8 Å². The van der Waals surface area contributed by atoms with Crippen LogP contribution in [-0.4, -0.2) is 33.4 Å². The van der Waals surface area contributed by atoms with Crippen molar-refractivity contribution in [1.29, 1.82) is 0 Å². The van der Waals surface area contributed by atoms with Gasteiger partial charge in [-0.3, -0.25) is 9.59 Å². The molecule has 7 heteroatoms. The number of amides is 1. The van der Waals surface area contributed by atoms with E-state index in [0.717, 1.165) is 5.56 Å². The molecule has 1 aliphatic rings. The topological polar surface area (TPSA) is 87.1 Å². The number of aryl methyl sites for hydroxylation is 1. The summed E-state index contributed by atoms with van der Waals surface area (Å²) in [6.07, 6.45) is 0. The highest BCUT2D eigenvalue weighted by Crippen LogP contribution is 2.40. The molecule has 0 aliphatic carbocycles. The second kappa shape index (κ2) is 10.2. The Morgan fingerprint density at radius 3 is 2.31 bits per heavy atom. The fraction of sp³-hybridized carbons (Fsp3) is 0.241. The Balaban J connectivity index is 1.74. The average Bonchev–Trinajstić information content (AvgIpc) is 3.10. The summed E-state index contributed by atoms with van der Waals surface area (Å²) in [6.45, 7) is 6.36. The van der Waals surface area contributed by atoms with E-state index in [9.17, 15) is 24.2 Å². The molecular weight excluding hydrogens is 461 g/mol. The number of carbonyl (C=O) groups is 2. The van der Waals surface area contributed by atoms with Crippen LogP contribution >= 0.6 is 0 Å². The Labute approximate surface area is 209 Å². The van der Waals surface area contributed by atoms with Gasteiger partial charge >= 0.3 is 0 Å². The van der Waals surface area contributed by atoms with Gasteiger partial charge in [0.15, 0.2) is 0 Å². The summed E-state index contributed by atoms with van der Waals surface area (Å²) in [5.74, 6) is -1.29. The molecule has 1 amide bonds. The number of aliphatic hydroxyl groups is 1. The maximum Gasteiger partial charge on any atom is 0.295 e. The molecule has 4 rings (SSSR count). The van der Waals surface area contributed by atoms with E-state index in [1.165, 1.54) is 35.2 Å². The van der Waals surface area contributed by atoms with Crippen molar-refractivity contribution in [3.8, 4) is 11.5 Å². The van der Waals surface area contributed by atoms with Crippen molar-refractivity contribution in [3.05, 3.63) is 100 Å². The summed E-state index contributed by atoms with van der Waals surface area (Å²) in [6, 6.07) is 16.5. The number of likely N-dealkylation sites (tertiary alicyclic amines) is 1. The number of rotatable bonds is 7. The molecule has 0 radical (unpaired) electrons. The SMILES string of the molecule is Cc1cc(/C(O)=C2/C(=O)C(=O)N(Cc3ccc(OCC(C)C)cc3)C2c2ccc(O)cc2)ccc1F. The van der Waals surface area contributed by atoms with Gasteiger partial charge in [0, 0.05) is 12.1 Å². The second-order valence-corrected chi connectivity index (χ2v) is 9.33. The minimum Gasteiger partial charge on any atom is -0.508 e. The first-order valence-corrected chi connectivity index (χ1v) is 11.7. The molecule has 1 saturated heterocycles. The molecule has 3 aromatic carbocycles. The third-order valence-corrected chi connectivity index (χ3v) is 6.04. The number of aliphatic hydroxyl groups excluding tert-OH is 1. The van der Waals surface area contributed by atoms with E-state index < -0.39 is 23.5 Å². The van der Waals surface area contributed by atoms with E-state index >= 15 is 0 Å². The van der Waals surface area contributed by atoms with Crippen molar-refractivity contribution < 1.29 is 28.9 Å². The third-order valence-electron chi connectivity index (χ3n) is 6.04. The van der Waals surface area contributed by atoms with Crippen molar-refractivity contribution in [3.63, 3.8) is 0 Å². The molecular formula is C29H28FNO5. The molecule has 1 aliphatic heterocycles. The monoisotopic (exact) mass is 489 g/mol. The molecule has 36 heavy (non-hydrogen) atoms. The highest BCUT2D eigenvalue weighted by Gasteiger charge is 2.46. The fourth-order valence-electron chi connectivity index (χ4n) is 4.14. The first-order chi connectivity index (χ1) is 17.2. The first-order valence-electron chi connectivity index (χ1n) is 11.7. The van der Waals surface area contributed by atoms with Crippen LogP contribution in [0.4, 0.5) is 4.39 Å². The van der Waals surface area contributed by atoms with Gasteiger partial charge in [0.05, 0.1) is 18.2 Å². The lowest BCUT2D eigenvalue weighted by Gasteiger charge is -2.25. The lowest BCUT2D eigenvalue weighted by atomic mass is 9.94. The fourth-order valence-corrected chi connectivity index (χ4v) is 4.14. The van der Waals surface area contributed by atoms with Gasteiger partial charge in [0.25, 0.3) is 11.7 Å². The Bertz CT molecular complexity index is 1310. The molecule has 6 nitrogen and oxygen atoms in total. The van der Waals surface area contributed by atoms with Gasteiger partial charge in [0.1, 0.15) is 23.1 Å². The zero-order valence-corrected chi connectivity index (χ0v) is 20.4. The van der Waals surface area contributed by atoms with Crippen molar-refractivity contribution in [2.45, 2.75) is 33.4 Å². The lowest BCUT2D eigenvalue weighted by molar-refractivity contribution is -0.140. The number of ketones is 1. The van der Waals surface area contributed by atoms with Crippen LogP contribution in [0.5, 0.6) is 11.5 Å². The quantitative estimate of drug-likeness (QED) is 0.260. The predicted molar refractivity (Wildman–Crippen MR) is 134 cm³/mol. The van der Waals surface area contributed by atoms with Crippen LogP contribution in [0.3, 0.4) is 0 Å². The van der Waals surface area contributed by atoms with Crippen LogP contribution in [0.25, 0.3) is 5.76 Å². The molecule has 2 N–H and O–H groups in total. The molecule has 0 bridgehead atoms. The van der Waals surface area contributed by atoms with Gasteiger partial charge in [-0.2, -0.15) is 0 Å². The Hall–Kier alpha value is -4.13. The normalized spacial score (nSPS) is 17.1. The number of ether oxygens (including phenoxy) is 1. The molecule has 186 valence electrons. The van der Waals surface area contributed by atoms with Crippen molar-refractivity contribution in [2.24, 2.45) is 5.92 Å². The molecule has 1 fully saturated rings. The zero-order valence-electron chi connectivity index (χ0n) is 20.4. The minimum atomic E-state index is -0.896. The average molecular weight is 490 g/mol. The summed E-state index contributed by atoms with van der Waals surface area (Å²) >= 11 is 0. The number of phenolic OH excluding ortho intramolecular Hbond substituents is 1. The maximum atomic E-state index is 13.8. The summed E-state index contributed by atoms with van der Waals surface area (Å²) in [7, 11) is 0. The largest absolute Gasteiger partial charge is 0.508 e. The summed E-state index contributed by atoms with van der Waals surface area (Å²) < 4.78 is 19.5. The van der Waals surface area contributed by atoms with Gasteiger partial charge in [0.2, 0.25) is 0 Å².